The van der Waals surface area contributed by atoms with Gasteiger partial charge in [-0.05, 0) is 24.6 Å². The predicted octanol–water partition coefficient (Wildman–Crippen LogP) is 1.78. The van der Waals surface area contributed by atoms with Crippen LogP contribution >= 0.6 is 10.7 Å². The Morgan fingerprint density at radius 2 is 2.07 bits per heavy atom. The maximum atomic E-state index is 10.8. The van der Waals surface area contributed by atoms with E-state index < -0.39 is 9.05 Å². The summed E-state index contributed by atoms with van der Waals surface area (Å²) < 4.78 is 26.7. The SMILES string of the molecule is COc1cc(CS(=O)(=O)Cl)cc(O)c1C. The fourth-order valence-electron chi connectivity index (χ4n) is 1.22. The number of methoxy groups -OCH3 is 1. The molecule has 1 aromatic carbocycles. The normalized spacial score (nSPS) is 11.4. The lowest BCUT2D eigenvalue weighted by molar-refractivity contribution is 0.402. The lowest BCUT2D eigenvalue weighted by atomic mass is 10.1. The smallest absolute Gasteiger partial charge is 0.236 e. The molecule has 15 heavy (non-hydrogen) atoms. The highest BCUT2D eigenvalue weighted by Gasteiger charge is 2.12. The Labute approximate surface area is 92.9 Å². The quantitative estimate of drug-likeness (QED) is 0.831. The number of hydrogen-bond acceptors (Lipinski definition) is 4. The fourth-order valence-corrected chi connectivity index (χ4v) is 2.17. The van der Waals surface area contributed by atoms with Crippen LogP contribution in [0.3, 0.4) is 0 Å². The average molecular weight is 251 g/mol. The lowest BCUT2D eigenvalue weighted by Gasteiger charge is -2.08. The molecule has 0 saturated heterocycles. The van der Waals surface area contributed by atoms with Crippen LogP contribution in [0.2, 0.25) is 0 Å². The van der Waals surface area contributed by atoms with E-state index in [0.29, 0.717) is 16.9 Å². The molecule has 0 unspecified atom stereocenters. The van der Waals surface area contributed by atoms with Gasteiger partial charge in [-0.1, -0.05) is 0 Å². The van der Waals surface area contributed by atoms with Gasteiger partial charge in [-0.15, -0.1) is 0 Å². The first kappa shape index (κ1) is 12.1. The van der Waals surface area contributed by atoms with Crippen LogP contribution in [0.4, 0.5) is 0 Å². The zero-order valence-corrected chi connectivity index (χ0v) is 9.89. The van der Waals surface area contributed by atoms with Crippen molar-refractivity contribution in [3.05, 3.63) is 23.3 Å². The summed E-state index contributed by atoms with van der Waals surface area (Å²) in [6.45, 7) is 1.67. The predicted molar refractivity (Wildman–Crippen MR) is 57.9 cm³/mol. The van der Waals surface area contributed by atoms with Gasteiger partial charge in [0.15, 0.2) is 0 Å². The second-order valence-electron chi connectivity index (χ2n) is 3.13. The van der Waals surface area contributed by atoms with Crippen molar-refractivity contribution in [2.45, 2.75) is 12.7 Å². The minimum atomic E-state index is -3.63. The van der Waals surface area contributed by atoms with Crippen molar-refractivity contribution in [2.75, 3.05) is 7.11 Å². The van der Waals surface area contributed by atoms with Crippen molar-refractivity contribution >= 4 is 19.7 Å². The zero-order valence-electron chi connectivity index (χ0n) is 8.32. The monoisotopic (exact) mass is 250 g/mol. The highest BCUT2D eigenvalue weighted by atomic mass is 35.7. The summed E-state index contributed by atoms with van der Waals surface area (Å²) in [7, 11) is 2.92. The van der Waals surface area contributed by atoms with Crippen LogP contribution < -0.4 is 4.74 Å². The van der Waals surface area contributed by atoms with Gasteiger partial charge in [0.05, 0.1) is 12.9 Å². The molecule has 84 valence electrons. The molecule has 0 bridgehead atoms. The molecule has 0 aliphatic rings. The van der Waals surface area contributed by atoms with E-state index >= 15 is 0 Å². The van der Waals surface area contributed by atoms with Crippen LogP contribution in [-0.4, -0.2) is 20.6 Å². The number of rotatable bonds is 3. The minimum absolute atomic E-state index is 0.00957. The van der Waals surface area contributed by atoms with Crippen molar-refractivity contribution in [3.63, 3.8) is 0 Å². The topological polar surface area (TPSA) is 63.6 Å². The summed E-state index contributed by atoms with van der Waals surface area (Å²) in [5.74, 6) is 0.0913. The van der Waals surface area contributed by atoms with Crippen LogP contribution in [0.5, 0.6) is 11.5 Å². The maximum absolute atomic E-state index is 10.8. The molecule has 0 atom stereocenters. The van der Waals surface area contributed by atoms with Crippen LogP contribution in [0, 0.1) is 6.92 Å². The zero-order chi connectivity index (χ0) is 11.6. The first-order chi connectivity index (χ1) is 6.83. The minimum Gasteiger partial charge on any atom is -0.508 e. The highest BCUT2D eigenvalue weighted by molar-refractivity contribution is 8.13. The Morgan fingerprint density at radius 1 is 1.47 bits per heavy atom. The van der Waals surface area contributed by atoms with Crippen molar-refractivity contribution in [1.29, 1.82) is 0 Å². The Bertz CT molecular complexity index is 467. The van der Waals surface area contributed by atoms with Crippen molar-refractivity contribution < 1.29 is 18.3 Å². The van der Waals surface area contributed by atoms with Gasteiger partial charge >= 0.3 is 0 Å². The molecule has 1 N–H and O–H groups in total. The molecule has 0 aliphatic heterocycles. The van der Waals surface area contributed by atoms with Gasteiger partial charge in [0, 0.05) is 16.2 Å². The molecule has 0 aromatic heterocycles. The molecule has 0 saturated carbocycles. The molecule has 1 aromatic rings. The fraction of sp³-hybridized carbons (Fsp3) is 0.333. The van der Waals surface area contributed by atoms with Crippen LogP contribution in [-0.2, 0) is 14.8 Å². The summed E-state index contributed by atoms with van der Waals surface area (Å²) in [5, 5.41) is 9.49. The summed E-state index contributed by atoms with van der Waals surface area (Å²) in [6.07, 6.45) is 0. The molecule has 0 amide bonds. The van der Waals surface area contributed by atoms with E-state index in [9.17, 15) is 13.5 Å². The van der Waals surface area contributed by atoms with Gasteiger partial charge in [0.1, 0.15) is 11.5 Å². The Morgan fingerprint density at radius 3 is 2.53 bits per heavy atom. The summed E-state index contributed by atoms with van der Waals surface area (Å²) in [4.78, 5) is 0. The number of phenolic OH excluding ortho intramolecular Hbond substituents is 1. The Hall–Kier alpha value is -0.940. The molecule has 0 radical (unpaired) electrons. The van der Waals surface area contributed by atoms with E-state index in [1.807, 2.05) is 0 Å². The summed E-state index contributed by atoms with van der Waals surface area (Å²) >= 11 is 0. The third kappa shape index (κ3) is 3.28. The maximum Gasteiger partial charge on any atom is 0.236 e. The number of aromatic hydroxyl groups is 1. The van der Waals surface area contributed by atoms with Gasteiger partial charge in [-0.25, -0.2) is 8.42 Å². The first-order valence-electron chi connectivity index (χ1n) is 4.12. The van der Waals surface area contributed by atoms with E-state index in [1.165, 1.54) is 19.2 Å². The third-order valence-electron chi connectivity index (χ3n) is 1.95. The van der Waals surface area contributed by atoms with Crippen molar-refractivity contribution in [1.82, 2.24) is 0 Å². The van der Waals surface area contributed by atoms with Gasteiger partial charge in [-0.2, -0.15) is 0 Å². The number of hydrogen-bond donors (Lipinski definition) is 1. The largest absolute Gasteiger partial charge is 0.508 e. The highest BCUT2D eigenvalue weighted by Crippen LogP contribution is 2.29. The Kier molecular flexibility index (Phi) is 3.46. The molecule has 0 heterocycles. The molecule has 1 rings (SSSR count). The molecular weight excluding hydrogens is 240 g/mol. The van der Waals surface area contributed by atoms with E-state index in [2.05, 4.69) is 0 Å². The van der Waals surface area contributed by atoms with Gasteiger partial charge in [-0.3, -0.25) is 0 Å². The van der Waals surface area contributed by atoms with Crippen molar-refractivity contribution in [2.24, 2.45) is 0 Å². The summed E-state index contributed by atoms with van der Waals surface area (Å²) in [5.41, 5.74) is 0.957. The van der Waals surface area contributed by atoms with Crippen LogP contribution in [0.15, 0.2) is 12.1 Å². The molecule has 0 aliphatic carbocycles. The van der Waals surface area contributed by atoms with Gasteiger partial charge in [0.25, 0.3) is 0 Å². The average Bonchev–Trinajstić information content (AvgIpc) is 2.08. The molecule has 0 spiro atoms. The molecule has 0 fully saturated rings. The molecule has 4 nitrogen and oxygen atoms in total. The van der Waals surface area contributed by atoms with Crippen molar-refractivity contribution in [3.8, 4) is 11.5 Å². The number of phenols is 1. The molecule has 6 heteroatoms. The standard InChI is InChI=1S/C9H11ClO4S/c1-6-8(11)3-7(4-9(6)14-2)5-15(10,12)13/h3-4,11H,5H2,1-2H3. The number of benzene rings is 1. The number of ether oxygens (including phenoxy) is 1. The van der Waals surface area contributed by atoms with E-state index in [1.54, 1.807) is 6.92 Å². The van der Waals surface area contributed by atoms with Crippen LogP contribution in [0.25, 0.3) is 0 Å². The Balaban J connectivity index is 3.17. The second-order valence-corrected chi connectivity index (χ2v) is 5.90. The molecular formula is C9H11ClO4S. The third-order valence-corrected chi connectivity index (χ3v) is 2.96. The van der Waals surface area contributed by atoms with E-state index in [0.717, 1.165) is 0 Å². The van der Waals surface area contributed by atoms with Crippen LogP contribution in [0.1, 0.15) is 11.1 Å². The first-order valence-corrected chi connectivity index (χ1v) is 6.60. The van der Waals surface area contributed by atoms with Gasteiger partial charge in [0.2, 0.25) is 9.05 Å². The van der Waals surface area contributed by atoms with E-state index in [-0.39, 0.29) is 11.5 Å². The summed E-state index contributed by atoms with van der Waals surface area (Å²) in [6, 6.07) is 2.90. The number of halogens is 1. The second kappa shape index (κ2) is 4.28. The van der Waals surface area contributed by atoms with E-state index in [4.69, 9.17) is 15.4 Å². The lowest BCUT2D eigenvalue weighted by Crippen LogP contribution is -1.97. The van der Waals surface area contributed by atoms with Gasteiger partial charge < -0.3 is 9.84 Å².